The highest BCUT2D eigenvalue weighted by Gasteiger charge is 2.36. The molecule has 0 spiro atoms. The SMILES string of the molecule is Cc1c([C@@H](C)Nc2nnc(CN3C(=O)c4ccccc4C3=O)c3ccc(N4CCOCC4)cc23)cccc1C(F)(F)F. The minimum Gasteiger partial charge on any atom is -0.378 e. The van der Waals surface area contributed by atoms with Gasteiger partial charge in [0.05, 0.1) is 48.2 Å². The second-order valence-corrected chi connectivity index (χ2v) is 10.5. The number of anilines is 2. The summed E-state index contributed by atoms with van der Waals surface area (Å²) in [4.78, 5) is 29.4. The standard InChI is InChI=1S/C31H28F3N5O3/c1-18-21(8-5-9-26(18)31(32,33)34)19(2)35-28-25-16-20(38-12-14-42-15-13-38)10-11-22(25)27(36-37-28)17-39-29(40)23-6-3-4-7-24(23)30(39)41/h3-11,16,19H,12-15,17H2,1-2H3,(H,35,37)/t19-/m1/s1. The molecule has 1 aromatic heterocycles. The molecule has 216 valence electrons. The van der Waals surface area contributed by atoms with E-state index in [1.807, 2.05) is 18.2 Å². The molecule has 8 nitrogen and oxygen atoms in total. The van der Waals surface area contributed by atoms with Crippen LogP contribution < -0.4 is 10.2 Å². The van der Waals surface area contributed by atoms with E-state index in [1.54, 1.807) is 37.3 Å². The van der Waals surface area contributed by atoms with Crippen LogP contribution >= 0.6 is 0 Å². The monoisotopic (exact) mass is 575 g/mol. The lowest BCUT2D eigenvalue weighted by atomic mass is 9.97. The number of halogens is 3. The Bertz CT molecular complexity index is 1670. The number of fused-ring (bicyclic) bond motifs is 2. The summed E-state index contributed by atoms with van der Waals surface area (Å²) in [5.74, 6) is -0.409. The molecule has 0 bridgehead atoms. The highest BCUT2D eigenvalue weighted by molar-refractivity contribution is 6.21. The molecule has 2 amide bonds. The number of benzene rings is 3. The predicted octanol–water partition coefficient (Wildman–Crippen LogP) is 5.76. The van der Waals surface area contributed by atoms with Crippen LogP contribution in [0.25, 0.3) is 10.8 Å². The van der Waals surface area contributed by atoms with Crippen LogP contribution in [-0.4, -0.2) is 53.2 Å². The molecule has 6 rings (SSSR count). The zero-order valence-electron chi connectivity index (χ0n) is 23.0. The van der Waals surface area contributed by atoms with Crippen molar-refractivity contribution in [3.63, 3.8) is 0 Å². The number of imide groups is 1. The van der Waals surface area contributed by atoms with E-state index in [9.17, 15) is 22.8 Å². The highest BCUT2D eigenvalue weighted by Crippen LogP contribution is 2.36. The minimum absolute atomic E-state index is 0.0741. The van der Waals surface area contributed by atoms with Gasteiger partial charge in [-0.2, -0.15) is 18.3 Å². The second kappa shape index (κ2) is 10.7. The van der Waals surface area contributed by atoms with Gasteiger partial charge in [-0.3, -0.25) is 14.5 Å². The summed E-state index contributed by atoms with van der Waals surface area (Å²) < 4.78 is 46.3. The van der Waals surface area contributed by atoms with Crippen LogP contribution in [0.5, 0.6) is 0 Å². The van der Waals surface area contributed by atoms with Crippen molar-refractivity contribution in [1.82, 2.24) is 15.1 Å². The molecule has 11 heteroatoms. The Hall–Kier alpha value is -4.51. The highest BCUT2D eigenvalue weighted by atomic mass is 19.4. The van der Waals surface area contributed by atoms with E-state index in [-0.39, 0.29) is 12.1 Å². The van der Waals surface area contributed by atoms with Crippen molar-refractivity contribution in [3.8, 4) is 0 Å². The fourth-order valence-corrected chi connectivity index (χ4v) is 5.68. The van der Waals surface area contributed by atoms with Crippen molar-refractivity contribution in [2.75, 3.05) is 36.5 Å². The summed E-state index contributed by atoms with van der Waals surface area (Å²) in [5, 5.41) is 13.4. The summed E-state index contributed by atoms with van der Waals surface area (Å²) in [5.41, 5.74) is 1.99. The number of nitrogens with zero attached hydrogens (tertiary/aromatic N) is 4. The Kier molecular flexibility index (Phi) is 7.05. The number of aromatic nitrogens is 2. The number of carbonyl (C=O) groups excluding carboxylic acids is 2. The Morgan fingerprint density at radius 3 is 2.29 bits per heavy atom. The van der Waals surface area contributed by atoms with Crippen LogP contribution in [-0.2, 0) is 17.5 Å². The quantitative estimate of drug-likeness (QED) is 0.293. The van der Waals surface area contributed by atoms with Crippen LogP contribution in [0.4, 0.5) is 24.7 Å². The summed E-state index contributed by atoms with van der Waals surface area (Å²) in [6.07, 6.45) is -4.47. The number of morpholine rings is 1. The molecule has 1 saturated heterocycles. The van der Waals surface area contributed by atoms with E-state index in [0.29, 0.717) is 65.3 Å². The molecule has 42 heavy (non-hydrogen) atoms. The van der Waals surface area contributed by atoms with Gasteiger partial charge in [0, 0.05) is 29.5 Å². The van der Waals surface area contributed by atoms with E-state index in [1.165, 1.54) is 13.0 Å². The van der Waals surface area contributed by atoms with Gasteiger partial charge in [0.2, 0.25) is 0 Å². The van der Waals surface area contributed by atoms with E-state index in [4.69, 9.17) is 4.74 Å². The van der Waals surface area contributed by atoms with Gasteiger partial charge in [0.25, 0.3) is 11.8 Å². The minimum atomic E-state index is -4.47. The van der Waals surface area contributed by atoms with Crippen molar-refractivity contribution >= 4 is 34.1 Å². The van der Waals surface area contributed by atoms with Crippen molar-refractivity contribution in [3.05, 3.63) is 94.2 Å². The van der Waals surface area contributed by atoms with Crippen molar-refractivity contribution in [2.45, 2.75) is 32.6 Å². The Morgan fingerprint density at radius 1 is 0.929 bits per heavy atom. The molecule has 0 unspecified atom stereocenters. The molecule has 1 fully saturated rings. The molecule has 4 aromatic rings. The summed E-state index contributed by atoms with van der Waals surface area (Å²) in [6, 6.07) is 16.1. The van der Waals surface area contributed by atoms with Gasteiger partial charge in [-0.1, -0.05) is 30.3 Å². The molecule has 3 heterocycles. The van der Waals surface area contributed by atoms with Gasteiger partial charge in [0.1, 0.15) is 0 Å². The van der Waals surface area contributed by atoms with Crippen LogP contribution in [0.3, 0.4) is 0 Å². The Labute approximate surface area is 240 Å². The first-order valence-electron chi connectivity index (χ1n) is 13.6. The van der Waals surface area contributed by atoms with Crippen LogP contribution in [0.15, 0.2) is 60.7 Å². The topological polar surface area (TPSA) is 87.7 Å². The molecular weight excluding hydrogens is 547 g/mol. The van der Waals surface area contributed by atoms with Crippen molar-refractivity contribution < 1.29 is 27.5 Å². The van der Waals surface area contributed by atoms with Gasteiger partial charge in [-0.05, 0) is 55.3 Å². The molecule has 0 saturated carbocycles. The molecular formula is C31H28F3N5O3. The lowest BCUT2D eigenvalue weighted by Crippen LogP contribution is -2.36. The predicted molar refractivity (Wildman–Crippen MR) is 151 cm³/mol. The lowest BCUT2D eigenvalue weighted by Gasteiger charge is -2.29. The summed E-state index contributed by atoms with van der Waals surface area (Å²) >= 11 is 0. The van der Waals surface area contributed by atoms with E-state index in [0.717, 1.165) is 16.7 Å². The fraction of sp³-hybridized carbons (Fsp3) is 0.290. The van der Waals surface area contributed by atoms with Gasteiger partial charge in [-0.15, -0.1) is 5.10 Å². The number of carbonyl (C=O) groups is 2. The maximum Gasteiger partial charge on any atom is 0.416 e. The zero-order valence-corrected chi connectivity index (χ0v) is 23.0. The molecule has 0 radical (unpaired) electrons. The molecule has 2 aliphatic heterocycles. The number of alkyl halides is 3. The van der Waals surface area contributed by atoms with Gasteiger partial charge >= 0.3 is 6.18 Å². The van der Waals surface area contributed by atoms with Crippen molar-refractivity contribution in [1.29, 1.82) is 0 Å². The van der Waals surface area contributed by atoms with Crippen LogP contribution in [0, 0.1) is 6.92 Å². The van der Waals surface area contributed by atoms with Gasteiger partial charge < -0.3 is 15.0 Å². The van der Waals surface area contributed by atoms with Crippen LogP contribution in [0.2, 0.25) is 0 Å². The van der Waals surface area contributed by atoms with E-state index < -0.39 is 29.6 Å². The number of ether oxygens (including phenoxy) is 1. The number of hydrogen-bond acceptors (Lipinski definition) is 7. The Morgan fingerprint density at radius 2 is 1.62 bits per heavy atom. The van der Waals surface area contributed by atoms with E-state index >= 15 is 0 Å². The summed E-state index contributed by atoms with van der Waals surface area (Å²) in [7, 11) is 0. The smallest absolute Gasteiger partial charge is 0.378 e. The Balaban J connectivity index is 1.38. The van der Waals surface area contributed by atoms with Gasteiger partial charge in [-0.25, -0.2) is 0 Å². The number of hydrogen-bond donors (Lipinski definition) is 1. The van der Waals surface area contributed by atoms with Crippen molar-refractivity contribution in [2.24, 2.45) is 0 Å². The first kappa shape index (κ1) is 27.6. The third-order valence-electron chi connectivity index (χ3n) is 7.90. The average molecular weight is 576 g/mol. The number of rotatable bonds is 6. The van der Waals surface area contributed by atoms with E-state index in [2.05, 4.69) is 20.4 Å². The molecule has 1 atom stereocenters. The number of nitrogens with one attached hydrogen (secondary N) is 1. The molecule has 3 aromatic carbocycles. The fourth-order valence-electron chi connectivity index (χ4n) is 5.68. The van der Waals surface area contributed by atoms with Gasteiger partial charge in [0.15, 0.2) is 5.82 Å². The number of amides is 2. The molecule has 0 aliphatic carbocycles. The average Bonchev–Trinajstić information content (AvgIpc) is 3.22. The third-order valence-corrected chi connectivity index (χ3v) is 7.90. The first-order valence-corrected chi connectivity index (χ1v) is 13.6. The maximum absolute atomic E-state index is 13.6. The van der Waals surface area contributed by atoms with Crippen LogP contribution in [0.1, 0.15) is 56.1 Å². The normalized spacial score (nSPS) is 16.2. The zero-order chi connectivity index (χ0) is 29.6. The summed E-state index contributed by atoms with van der Waals surface area (Å²) in [6.45, 7) is 5.75. The largest absolute Gasteiger partial charge is 0.416 e. The lowest BCUT2D eigenvalue weighted by molar-refractivity contribution is -0.138. The third kappa shape index (κ3) is 4.94. The maximum atomic E-state index is 13.6. The molecule has 2 aliphatic rings. The second-order valence-electron chi connectivity index (χ2n) is 10.5. The first-order chi connectivity index (χ1) is 20.1. The molecule has 1 N–H and O–H groups in total.